The van der Waals surface area contributed by atoms with E-state index in [-0.39, 0.29) is 42.7 Å². The first-order chi connectivity index (χ1) is 27.6. The molecular formula is C49H93NO7. The quantitative estimate of drug-likeness (QED) is 0.0261. The molecule has 0 saturated carbocycles. The Morgan fingerprint density at radius 1 is 0.509 bits per heavy atom. The molecule has 0 aromatic carbocycles. The molecule has 0 aliphatic heterocycles. The van der Waals surface area contributed by atoms with E-state index in [9.17, 15) is 19.5 Å². The van der Waals surface area contributed by atoms with Crippen LogP contribution in [0.15, 0.2) is 12.2 Å². The van der Waals surface area contributed by atoms with Crippen LogP contribution in [0.3, 0.4) is 0 Å². The number of carbonyl (C=O) groups is 3. The fourth-order valence-electron chi connectivity index (χ4n) is 7.36. The molecule has 0 aliphatic rings. The van der Waals surface area contributed by atoms with Gasteiger partial charge in [0.05, 0.1) is 40.3 Å². The molecule has 2 unspecified atom stereocenters. The second-order valence-corrected chi connectivity index (χ2v) is 17.7. The van der Waals surface area contributed by atoms with E-state index >= 15 is 0 Å². The number of carbonyl (C=O) groups excluding carboxylic acids is 3. The minimum atomic E-state index is -1.12. The minimum absolute atomic E-state index is 0.0454. The highest BCUT2D eigenvalue weighted by atomic mass is 16.6. The van der Waals surface area contributed by atoms with Gasteiger partial charge in [0.25, 0.3) is 0 Å². The van der Waals surface area contributed by atoms with Crippen molar-refractivity contribution in [3.63, 3.8) is 0 Å². The van der Waals surface area contributed by atoms with Gasteiger partial charge in [0.15, 0.2) is 6.10 Å². The molecule has 0 fully saturated rings. The molecule has 0 aliphatic carbocycles. The van der Waals surface area contributed by atoms with E-state index in [0.29, 0.717) is 12.8 Å². The van der Waals surface area contributed by atoms with Gasteiger partial charge in [-0.2, -0.15) is 0 Å². The molecule has 0 spiro atoms. The Bertz CT molecular complexity index is 947. The molecule has 0 N–H and O–H groups in total. The number of rotatable bonds is 44. The van der Waals surface area contributed by atoms with Crippen molar-refractivity contribution in [3.8, 4) is 0 Å². The lowest BCUT2D eigenvalue weighted by Gasteiger charge is -2.34. The summed E-state index contributed by atoms with van der Waals surface area (Å²) in [7, 11) is 5.42. The van der Waals surface area contributed by atoms with E-state index in [2.05, 4.69) is 26.0 Å². The van der Waals surface area contributed by atoms with Crippen LogP contribution in [0.1, 0.15) is 232 Å². The van der Waals surface area contributed by atoms with Crippen LogP contribution in [0.4, 0.5) is 0 Å². The first-order valence-electron chi connectivity index (χ1n) is 24.2. The molecule has 336 valence electrons. The van der Waals surface area contributed by atoms with Gasteiger partial charge in [-0.25, -0.2) is 0 Å². The van der Waals surface area contributed by atoms with Crippen LogP contribution in [0.5, 0.6) is 0 Å². The maximum atomic E-state index is 12.7. The van der Waals surface area contributed by atoms with Crippen molar-refractivity contribution in [1.29, 1.82) is 0 Å². The average Bonchev–Trinajstić information content (AvgIpc) is 3.17. The maximum absolute atomic E-state index is 12.7. The topological polar surface area (TPSA) is 102 Å². The number of carboxylic acids is 1. The third-order valence-corrected chi connectivity index (χ3v) is 11.2. The number of allylic oxidation sites excluding steroid dienone is 2. The summed E-state index contributed by atoms with van der Waals surface area (Å²) >= 11 is 0. The molecule has 2 atom stereocenters. The van der Waals surface area contributed by atoms with E-state index in [1.807, 2.05) is 0 Å². The van der Waals surface area contributed by atoms with Crippen LogP contribution < -0.4 is 5.11 Å². The van der Waals surface area contributed by atoms with E-state index < -0.39 is 18.1 Å². The molecule has 8 nitrogen and oxygen atoms in total. The van der Waals surface area contributed by atoms with Crippen LogP contribution in [0.2, 0.25) is 0 Å². The standard InChI is InChI=1S/C49H93NO7/c1-6-8-10-12-14-16-18-20-22-24-26-27-29-31-33-35-37-39-47(51)56-44-45(43-55-42-41-46(49(53)54)50(3,4)5)57-48(52)40-38-36-34-32-30-28-25-23-21-19-17-15-13-11-9-7-2/h20,22,45-46H,6-19,21,23-44H2,1-5H3/b22-20+. The summed E-state index contributed by atoms with van der Waals surface area (Å²) in [6.45, 7) is 4.69. The Balaban J connectivity index is 4.26. The third kappa shape index (κ3) is 39.3. The maximum Gasteiger partial charge on any atom is 0.306 e. The van der Waals surface area contributed by atoms with Crippen molar-refractivity contribution in [2.24, 2.45) is 0 Å². The van der Waals surface area contributed by atoms with E-state index in [1.54, 1.807) is 21.1 Å². The zero-order valence-corrected chi connectivity index (χ0v) is 38.3. The molecular weight excluding hydrogens is 715 g/mol. The van der Waals surface area contributed by atoms with Gasteiger partial charge in [0.2, 0.25) is 0 Å². The first-order valence-corrected chi connectivity index (χ1v) is 24.2. The number of nitrogens with zero attached hydrogens (tertiary/aromatic N) is 1. The number of aliphatic carboxylic acids is 1. The second kappa shape index (κ2) is 40.8. The van der Waals surface area contributed by atoms with Crippen molar-refractivity contribution in [3.05, 3.63) is 12.2 Å². The highest BCUT2D eigenvalue weighted by Crippen LogP contribution is 2.16. The van der Waals surface area contributed by atoms with Crippen molar-refractivity contribution in [2.75, 3.05) is 41.0 Å². The lowest BCUT2D eigenvalue weighted by Crippen LogP contribution is -2.55. The first kappa shape index (κ1) is 55.1. The summed E-state index contributed by atoms with van der Waals surface area (Å²) in [5.41, 5.74) is 0. The Kier molecular flexibility index (Phi) is 39.4. The third-order valence-electron chi connectivity index (χ3n) is 11.2. The van der Waals surface area contributed by atoms with E-state index in [0.717, 1.165) is 38.5 Å². The Morgan fingerprint density at radius 2 is 0.877 bits per heavy atom. The summed E-state index contributed by atoms with van der Waals surface area (Å²) in [4.78, 5) is 36.9. The molecule has 0 aromatic heterocycles. The highest BCUT2D eigenvalue weighted by Gasteiger charge is 2.25. The van der Waals surface area contributed by atoms with Crippen LogP contribution >= 0.6 is 0 Å². The molecule has 0 heterocycles. The smallest absolute Gasteiger partial charge is 0.306 e. The van der Waals surface area contributed by atoms with Gasteiger partial charge in [0, 0.05) is 19.3 Å². The van der Waals surface area contributed by atoms with Gasteiger partial charge in [-0.15, -0.1) is 0 Å². The number of quaternary nitrogens is 1. The number of hydrogen-bond donors (Lipinski definition) is 0. The van der Waals surface area contributed by atoms with Crippen molar-refractivity contribution < 1.29 is 38.2 Å². The number of esters is 2. The number of carboxylic acid groups (broad SMARTS) is 1. The van der Waals surface area contributed by atoms with Crippen molar-refractivity contribution >= 4 is 17.9 Å². The SMILES string of the molecule is CCCCCCCC/C=C/CCCCCCCCCC(=O)OCC(COCCC(C(=O)[O-])[N+](C)(C)C)OC(=O)CCCCCCCCCCCCCCCCCC. The van der Waals surface area contributed by atoms with Crippen LogP contribution in [0, 0.1) is 0 Å². The van der Waals surface area contributed by atoms with Gasteiger partial charge in [-0.05, 0) is 38.5 Å². The van der Waals surface area contributed by atoms with Gasteiger partial charge in [-0.1, -0.05) is 187 Å². The molecule has 0 amide bonds. The van der Waals surface area contributed by atoms with Gasteiger partial charge in [0.1, 0.15) is 12.6 Å². The highest BCUT2D eigenvalue weighted by molar-refractivity contribution is 5.70. The Labute approximate surface area is 352 Å². The lowest BCUT2D eigenvalue weighted by atomic mass is 10.0. The number of likely N-dealkylation sites (N-methyl/N-ethyl adjacent to an activating group) is 1. The predicted molar refractivity (Wildman–Crippen MR) is 236 cm³/mol. The van der Waals surface area contributed by atoms with Gasteiger partial charge < -0.3 is 28.6 Å². The molecule has 0 bridgehead atoms. The summed E-state index contributed by atoms with van der Waals surface area (Å²) < 4.78 is 17.2. The van der Waals surface area contributed by atoms with Gasteiger partial charge in [-0.3, -0.25) is 9.59 Å². The molecule has 0 saturated heterocycles. The molecule has 0 rings (SSSR count). The summed E-state index contributed by atoms with van der Waals surface area (Å²) in [5, 5.41) is 11.6. The average molecular weight is 808 g/mol. The fourth-order valence-corrected chi connectivity index (χ4v) is 7.36. The zero-order chi connectivity index (χ0) is 42.1. The Hall–Kier alpha value is -1.93. The zero-order valence-electron chi connectivity index (χ0n) is 38.3. The minimum Gasteiger partial charge on any atom is -0.544 e. The van der Waals surface area contributed by atoms with E-state index in [4.69, 9.17) is 14.2 Å². The number of ether oxygens (including phenoxy) is 3. The van der Waals surface area contributed by atoms with Crippen molar-refractivity contribution in [2.45, 2.75) is 244 Å². The van der Waals surface area contributed by atoms with Gasteiger partial charge >= 0.3 is 11.9 Å². The molecule has 0 aromatic rings. The molecule has 0 radical (unpaired) electrons. The summed E-state index contributed by atoms with van der Waals surface area (Å²) in [6, 6.07) is -0.722. The number of hydrogen-bond acceptors (Lipinski definition) is 7. The van der Waals surface area contributed by atoms with Crippen LogP contribution in [-0.4, -0.2) is 75.5 Å². The fraction of sp³-hybridized carbons (Fsp3) is 0.898. The molecule has 8 heteroatoms. The number of unbranched alkanes of at least 4 members (excludes halogenated alkanes) is 28. The van der Waals surface area contributed by atoms with Crippen molar-refractivity contribution in [1.82, 2.24) is 0 Å². The summed E-state index contributed by atoms with van der Waals surface area (Å²) in [5.74, 6) is -1.72. The lowest BCUT2D eigenvalue weighted by molar-refractivity contribution is -0.889. The predicted octanol–water partition coefficient (Wildman–Crippen LogP) is 12.1. The normalized spacial score (nSPS) is 12.9. The second-order valence-electron chi connectivity index (χ2n) is 17.7. The largest absolute Gasteiger partial charge is 0.544 e. The summed E-state index contributed by atoms with van der Waals surface area (Å²) in [6.07, 6.45) is 43.7. The molecule has 57 heavy (non-hydrogen) atoms. The monoisotopic (exact) mass is 808 g/mol. The Morgan fingerprint density at radius 3 is 1.26 bits per heavy atom. The van der Waals surface area contributed by atoms with Crippen LogP contribution in [0.25, 0.3) is 0 Å². The van der Waals surface area contributed by atoms with Crippen LogP contribution in [-0.2, 0) is 28.6 Å². The van der Waals surface area contributed by atoms with E-state index in [1.165, 1.54) is 161 Å².